The van der Waals surface area contributed by atoms with E-state index in [0.29, 0.717) is 5.69 Å². The second-order valence-corrected chi connectivity index (χ2v) is 7.25. The molecule has 4 rings (SSSR count). The molecule has 2 aliphatic rings. The maximum Gasteiger partial charge on any atom is 0.323 e. The van der Waals surface area contributed by atoms with Crippen LogP contribution in [0.5, 0.6) is 0 Å². The number of fused-ring (bicyclic) bond motifs is 1. The molecule has 2 aromatic rings. The van der Waals surface area contributed by atoms with Gasteiger partial charge in [0.2, 0.25) is 11.8 Å². The number of benzene rings is 2. The first-order valence-corrected chi connectivity index (χ1v) is 9.50. The van der Waals surface area contributed by atoms with E-state index in [9.17, 15) is 19.5 Å². The molecule has 29 heavy (non-hydrogen) atoms. The molecule has 0 unspecified atom stereocenters. The van der Waals surface area contributed by atoms with Gasteiger partial charge < -0.3 is 9.84 Å². The van der Waals surface area contributed by atoms with Crippen molar-refractivity contribution < 1.29 is 24.2 Å². The first-order valence-electron chi connectivity index (χ1n) is 9.50. The van der Waals surface area contributed by atoms with Gasteiger partial charge in [0.05, 0.1) is 37.3 Å². The standard InChI is InChI=1S/C22H22N2O5/c1-29-22(28)19-18-16(12-23(19)17(13-25)14-8-4-2-5-9-14)20(26)24(21(18)27)15-10-6-3-7-11-15/h2-11,16-19,25H,12-13H2,1H3/t16-,17-,18-,19+/m0/s1. The summed E-state index contributed by atoms with van der Waals surface area (Å²) in [5.41, 5.74) is 1.30. The molecule has 2 aromatic carbocycles. The summed E-state index contributed by atoms with van der Waals surface area (Å²) in [6.07, 6.45) is 0. The van der Waals surface area contributed by atoms with Gasteiger partial charge in [-0.05, 0) is 17.7 Å². The van der Waals surface area contributed by atoms with Crippen molar-refractivity contribution in [2.75, 3.05) is 25.2 Å². The van der Waals surface area contributed by atoms with E-state index in [0.717, 1.165) is 5.56 Å². The number of nitrogens with zero attached hydrogens (tertiary/aromatic N) is 2. The van der Waals surface area contributed by atoms with Gasteiger partial charge in [0.15, 0.2) is 0 Å². The third kappa shape index (κ3) is 3.12. The van der Waals surface area contributed by atoms with Gasteiger partial charge in [-0.3, -0.25) is 19.3 Å². The highest BCUT2D eigenvalue weighted by Crippen LogP contribution is 2.43. The van der Waals surface area contributed by atoms with E-state index < -0.39 is 35.8 Å². The number of likely N-dealkylation sites (tertiary alicyclic amines) is 1. The predicted octanol–water partition coefficient (Wildman–Crippen LogP) is 1.38. The Labute approximate surface area is 168 Å². The highest BCUT2D eigenvalue weighted by molar-refractivity contribution is 6.23. The van der Waals surface area contributed by atoms with Crippen LogP contribution in [0.2, 0.25) is 0 Å². The molecule has 2 heterocycles. The number of hydrogen-bond donors (Lipinski definition) is 1. The molecule has 0 aliphatic carbocycles. The summed E-state index contributed by atoms with van der Waals surface area (Å²) in [5, 5.41) is 10.1. The van der Waals surface area contributed by atoms with Gasteiger partial charge in [-0.15, -0.1) is 0 Å². The highest BCUT2D eigenvalue weighted by Gasteiger charge is 2.61. The number of anilines is 1. The fraction of sp³-hybridized carbons (Fsp3) is 0.318. The van der Waals surface area contributed by atoms with Crippen LogP contribution in [0.1, 0.15) is 11.6 Å². The van der Waals surface area contributed by atoms with Gasteiger partial charge in [0, 0.05) is 6.54 Å². The molecule has 2 amide bonds. The second-order valence-electron chi connectivity index (χ2n) is 7.25. The highest BCUT2D eigenvalue weighted by atomic mass is 16.5. The molecule has 0 saturated carbocycles. The molecule has 0 radical (unpaired) electrons. The number of para-hydroxylation sites is 1. The van der Waals surface area contributed by atoms with Crippen molar-refractivity contribution in [3.63, 3.8) is 0 Å². The number of carbonyl (C=O) groups excluding carboxylic acids is 3. The van der Waals surface area contributed by atoms with Crippen molar-refractivity contribution in [3.8, 4) is 0 Å². The number of carbonyl (C=O) groups is 3. The topological polar surface area (TPSA) is 87.2 Å². The largest absolute Gasteiger partial charge is 0.468 e. The minimum atomic E-state index is -0.937. The van der Waals surface area contributed by atoms with Crippen molar-refractivity contribution >= 4 is 23.5 Å². The van der Waals surface area contributed by atoms with E-state index in [4.69, 9.17) is 4.74 Å². The van der Waals surface area contributed by atoms with Crippen molar-refractivity contribution in [2.45, 2.75) is 12.1 Å². The predicted molar refractivity (Wildman–Crippen MR) is 105 cm³/mol. The molecule has 2 fully saturated rings. The zero-order valence-corrected chi connectivity index (χ0v) is 16.0. The molecule has 4 atom stereocenters. The lowest BCUT2D eigenvalue weighted by Crippen LogP contribution is -2.47. The maximum atomic E-state index is 13.2. The van der Waals surface area contributed by atoms with Crippen LogP contribution in [0.4, 0.5) is 5.69 Å². The van der Waals surface area contributed by atoms with Crippen LogP contribution in [-0.2, 0) is 19.1 Å². The van der Waals surface area contributed by atoms with Crippen LogP contribution in [0.3, 0.4) is 0 Å². The van der Waals surface area contributed by atoms with Crippen LogP contribution >= 0.6 is 0 Å². The number of imide groups is 1. The van der Waals surface area contributed by atoms with E-state index in [1.807, 2.05) is 30.3 Å². The molecule has 7 nitrogen and oxygen atoms in total. The van der Waals surface area contributed by atoms with Crippen LogP contribution in [-0.4, -0.2) is 54.1 Å². The Morgan fingerprint density at radius 3 is 2.28 bits per heavy atom. The van der Waals surface area contributed by atoms with Crippen LogP contribution < -0.4 is 4.90 Å². The Balaban J connectivity index is 1.71. The number of esters is 1. The number of ether oxygens (including phenoxy) is 1. The summed E-state index contributed by atoms with van der Waals surface area (Å²) in [6.45, 7) is -0.0554. The zero-order chi connectivity index (χ0) is 20.5. The zero-order valence-electron chi connectivity index (χ0n) is 16.0. The van der Waals surface area contributed by atoms with Crippen molar-refractivity contribution in [3.05, 3.63) is 66.2 Å². The third-order valence-corrected chi connectivity index (χ3v) is 5.80. The summed E-state index contributed by atoms with van der Waals surface area (Å²) in [7, 11) is 1.26. The molecule has 2 saturated heterocycles. The molecule has 1 N–H and O–H groups in total. The number of rotatable bonds is 5. The van der Waals surface area contributed by atoms with Crippen molar-refractivity contribution in [1.82, 2.24) is 4.90 Å². The van der Waals surface area contributed by atoms with Crippen LogP contribution in [0.15, 0.2) is 60.7 Å². The average molecular weight is 394 g/mol. The fourth-order valence-corrected chi connectivity index (χ4v) is 4.48. The van der Waals surface area contributed by atoms with E-state index >= 15 is 0 Å². The van der Waals surface area contributed by atoms with E-state index in [1.165, 1.54) is 12.0 Å². The summed E-state index contributed by atoms with van der Waals surface area (Å²) in [6, 6.07) is 16.5. The molecule has 2 aliphatic heterocycles. The molecular weight excluding hydrogens is 372 g/mol. The van der Waals surface area contributed by atoms with Gasteiger partial charge in [0.1, 0.15) is 6.04 Å². The maximum absolute atomic E-state index is 13.2. The van der Waals surface area contributed by atoms with E-state index in [2.05, 4.69) is 0 Å². The summed E-state index contributed by atoms with van der Waals surface area (Å²) < 4.78 is 4.98. The lowest BCUT2D eigenvalue weighted by Gasteiger charge is -2.33. The molecule has 7 heteroatoms. The third-order valence-electron chi connectivity index (χ3n) is 5.80. The van der Waals surface area contributed by atoms with E-state index in [1.54, 1.807) is 35.2 Å². The minimum absolute atomic E-state index is 0.193. The number of aliphatic hydroxyl groups excluding tert-OH is 1. The lowest BCUT2D eigenvalue weighted by molar-refractivity contribution is -0.150. The molecular formula is C22H22N2O5. The Morgan fingerprint density at radius 1 is 1.07 bits per heavy atom. The SMILES string of the molecule is COC(=O)[C@H]1[C@H]2C(=O)N(c3ccccc3)C(=O)[C@H]2CN1[C@@H](CO)c1ccccc1. The monoisotopic (exact) mass is 394 g/mol. The summed E-state index contributed by atoms with van der Waals surface area (Å²) in [4.78, 5) is 41.9. The van der Waals surface area contributed by atoms with Crippen LogP contribution in [0.25, 0.3) is 0 Å². The molecule has 0 bridgehead atoms. The first-order chi connectivity index (χ1) is 14.1. The lowest BCUT2D eigenvalue weighted by atomic mass is 9.93. The smallest absolute Gasteiger partial charge is 0.323 e. The first kappa shape index (κ1) is 19.3. The van der Waals surface area contributed by atoms with Gasteiger partial charge in [-0.1, -0.05) is 48.5 Å². The Bertz CT molecular complexity index is 917. The van der Waals surface area contributed by atoms with E-state index in [-0.39, 0.29) is 19.1 Å². The van der Waals surface area contributed by atoms with Gasteiger partial charge in [-0.2, -0.15) is 0 Å². The number of methoxy groups -OCH3 is 1. The summed E-state index contributed by atoms with van der Waals surface area (Å²) in [5.74, 6) is -2.82. The second kappa shape index (κ2) is 7.77. The molecule has 0 aromatic heterocycles. The van der Waals surface area contributed by atoms with Gasteiger partial charge in [-0.25, -0.2) is 4.90 Å². The Kier molecular flexibility index (Phi) is 5.17. The quantitative estimate of drug-likeness (QED) is 0.609. The van der Waals surface area contributed by atoms with Crippen molar-refractivity contribution in [1.29, 1.82) is 0 Å². The molecule has 0 spiro atoms. The Morgan fingerprint density at radius 2 is 1.69 bits per heavy atom. The average Bonchev–Trinajstić information content (AvgIpc) is 3.25. The van der Waals surface area contributed by atoms with Gasteiger partial charge >= 0.3 is 5.97 Å². The van der Waals surface area contributed by atoms with Crippen molar-refractivity contribution in [2.24, 2.45) is 11.8 Å². The van der Waals surface area contributed by atoms with Gasteiger partial charge in [0.25, 0.3) is 0 Å². The minimum Gasteiger partial charge on any atom is -0.468 e. The normalized spacial score (nSPS) is 25.2. The fourth-order valence-electron chi connectivity index (χ4n) is 4.48. The molecule has 150 valence electrons. The summed E-state index contributed by atoms with van der Waals surface area (Å²) >= 11 is 0. The number of aliphatic hydroxyl groups is 1. The van der Waals surface area contributed by atoms with Crippen LogP contribution in [0, 0.1) is 11.8 Å². The number of hydrogen-bond acceptors (Lipinski definition) is 6. The Hall–Kier alpha value is -3.03. The number of amides is 2.